The Balaban J connectivity index is 1.72. The lowest BCUT2D eigenvalue weighted by molar-refractivity contribution is -0.126. The third-order valence-electron chi connectivity index (χ3n) is 6.31. The van der Waals surface area contributed by atoms with E-state index in [-0.39, 0.29) is 18.7 Å². The number of nitrogens with one attached hydrogen (secondary N) is 2. The van der Waals surface area contributed by atoms with Gasteiger partial charge in [-0.3, -0.25) is 19.9 Å². The summed E-state index contributed by atoms with van der Waals surface area (Å²) in [6, 6.07) is 9.09. The number of hydrogen-bond acceptors (Lipinski definition) is 9. The molecule has 0 radical (unpaired) electrons. The Morgan fingerprint density at radius 2 is 2.03 bits per heavy atom. The van der Waals surface area contributed by atoms with Gasteiger partial charge in [-0.15, -0.1) is 0 Å². The van der Waals surface area contributed by atoms with Gasteiger partial charge in [0, 0.05) is 42.7 Å². The third kappa shape index (κ3) is 7.39. The summed E-state index contributed by atoms with van der Waals surface area (Å²) >= 11 is 0. The average Bonchev–Trinajstić information content (AvgIpc) is 3.24. The number of aliphatic imine (C=N–C) groups is 1. The van der Waals surface area contributed by atoms with Crippen molar-refractivity contribution in [1.29, 1.82) is 0 Å². The molecule has 2 atom stereocenters. The number of rotatable bonds is 15. The highest BCUT2D eigenvalue weighted by atomic mass is 16.5. The Kier molecular flexibility index (Phi) is 10.8. The standard InChI is InChI=1S/C28H36N4O6/c1-19(38-18-29-2)28(35)31-22-9-8-20-12-23(32(3)25(20)14-22)16-30-24-15-27(37-11-7-5-6-10-33)26(36-4)13-21(24)17-34/h8-10,13-17,19,23,29H,5-7,11-12,18H2,1-4H3,(H,31,35). The number of unbranched alkanes of at least 4 members (excludes halogenated alkanes) is 2. The van der Waals surface area contributed by atoms with E-state index in [4.69, 9.17) is 14.2 Å². The molecule has 10 heteroatoms. The minimum Gasteiger partial charge on any atom is -0.493 e. The van der Waals surface area contributed by atoms with E-state index >= 15 is 0 Å². The van der Waals surface area contributed by atoms with E-state index in [0.717, 1.165) is 43.1 Å². The molecule has 2 unspecified atom stereocenters. The predicted octanol–water partition coefficient (Wildman–Crippen LogP) is 3.54. The first-order valence-electron chi connectivity index (χ1n) is 12.6. The number of anilines is 2. The minimum absolute atomic E-state index is 0.0387. The number of aldehydes is 2. The van der Waals surface area contributed by atoms with Crippen molar-refractivity contribution in [1.82, 2.24) is 5.32 Å². The number of carbonyl (C=O) groups is 3. The maximum atomic E-state index is 12.4. The van der Waals surface area contributed by atoms with Crippen LogP contribution in [0.15, 0.2) is 35.3 Å². The number of benzene rings is 2. The highest BCUT2D eigenvalue weighted by Crippen LogP contribution is 2.36. The van der Waals surface area contributed by atoms with Crippen LogP contribution in [0, 0.1) is 0 Å². The lowest BCUT2D eigenvalue weighted by atomic mass is 10.1. The van der Waals surface area contributed by atoms with Gasteiger partial charge in [-0.1, -0.05) is 6.07 Å². The van der Waals surface area contributed by atoms with Crippen LogP contribution in [0.3, 0.4) is 0 Å². The SMILES string of the molecule is CNCOC(C)C(=O)Nc1ccc2c(c1)N(C)C(C=Nc1cc(OCCCCC=O)c(OC)cc1C=O)C2. The first-order chi connectivity index (χ1) is 18.4. The van der Waals surface area contributed by atoms with Gasteiger partial charge in [0.1, 0.15) is 12.4 Å². The molecule has 0 aliphatic carbocycles. The number of methoxy groups -OCH3 is 1. The van der Waals surface area contributed by atoms with Crippen molar-refractivity contribution in [3.63, 3.8) is 0 Å². The number of hydrogen-bond donors (Lipinski definition) is 2. The molecular weight excluding hydrogens is 488 g/mol. The van der Waals surface area contributed by atoms with Gasteiger partial charge in [-0.25, -0.2) is 0 Å². The molecule has 2 N–H and O–H groups in total. The van der Waals surface area contributed by atoms with Crippen LogP contribution in [0.4, 0.5) is 17.1 Å². The van der Waals surface area contributed by atoms with Crippen LogP contribution in [0.5, 0.6) is 11.5 Å². The Morgan fingerprint density at radius 1 is 1.21 bits per heavy atom. The van der Waals surface area contributed by atoms with E-state index in [2.05, 4.69) is 20.5 Å². The molecule has 0 fully saturated rings. The molecule has 38 heavy (non-hydrogen) atoms. The highest BCUT2D eigenvalue weighted by molar-refractivity contribution is 5.95. The second kappa shape index (κ2) is 14.3. The number of carbonyl (C=O) groups excluding carboxylic acids is 3. The summed E-state index contributed by atoms with van der Waals surface area (Å²) in [5.41, 5.74) is 3.69. The molecule has 0 spiro atoms. The van der Waals surface area contributed by atoms with Crippen LogP contribution in [-0.4, -0.2) is 71.4 Å². The topological polar surface area (TPSA) is 119 Å². The van der Waals surface area contributed by atoms with Gasteiger partial charge in [0.25, 0.3) is 5.91 Å². The Labute approximate surface area is 223 Å². The molecule has 2 aromatic carbocycles. The van der Waals surface area contributed by atoms with Gasteiger partial charge in [0.2, 0.25) is 0 Å². The van der Waals surface area contributed by atoms with Gasteiger partial charge < -0.3 is 29.2 Å². The second-order valence-corrected chi connectivity index (χ2v) is 8.99. The molecule has 0 bridgehead atoms. The third-order valence-corrected chi connectivity index (χ3v) is 6.31. The smallest absolute Gasteiger partial charge is 0.253 e. The summed E-state index contributed by atoms with van der Waals surface area (Å²) in [4.78, 5) is 41.4. The van der Waals surface area contributed by atoms with Crippen molar-refractivity contribution >= 4 is 41.8 Å². The van der Waals surface area contributed by atoms with Crippen LogP contribution in [0.2, 0.25) is 0 Å². The van der Waals surface area contributed by atoms with E-state index in [1.54, 1.807) is 26.1 Å². The number of amides is 1. The molecule has 1 amide bonds. The largest absolute Gasteiger partial charge is 0.493 e. The zero-order valence-corrected chi connectivity index (χ0v) is 22.4. The molecular formula is C28H36N4O6. The molecule has 1 aliphatic heterocycles. The maximum Gasteiger partial charge on any atom is 0.253 e. The van der Waals surface area contributed by atoms with Gasteiger partial charge in [0.15, 0.2) is 17.8 Å². The van der Waals surface area contributed by atoms with Gasteiger partial charge in [0.05, 0.1) is 32.2 Å². The summed E-state index contributed by atoms with van der Waals surface area (Å²) in [5, 5.41) is 5.75. The lowest BCUT2D eigenvalue weighted by Gasteiger charge is -2.20. The molecule has 1 aliphatic rings. The lowest BCUT2D eigenvalue weighted by Crippen LogP contribution is -2.30. The fraction of sp³-hybridized carbons (Fsp3) is 0.429. The normalized spacial score (nSPS) is 15.3. The summed E-state index contributed by atoms with van der Waals surface area (Å²) in [6.45, 7) is 2.42. The highest BCUT2D eigenvalue weighted by Gasteiger charge is 2.26. The summed E-state index contributed by atoms with van der Waals surface area (Å²) in [6.07, 6.45) is 5.56. The van der Waals surface area contributed by atoms with Crippen LogP contribution in [-0.2, 0) is 20.7 Å². The van der Waals surface area contributed by atoms with E-state index in [1.165, 1.54) is 7.11 Å². The first kappa shape index (κ1) is 28.8. The van der Waals surface area contributed by atoms with Crippen LogP contribution in [0.25, 0.3) is 0 Å². The summed E-state index contributed by atoms with van der Waals surface area (Å²) in [7, 11) is 5.24. The van der Waals surface area contributed by atoms with Gasteiger partial charge >= 0.3 is 0 Å². The summed E-state index contributed by atoms with van der Waals surface area (Å²) in [5.74, 6) is 0.724. The number of fused-ring (bicyclic) bond motifs is 1. The van der Waals surface area contributed by atoms with Gasteiger partial charge in [-0.05, 0) is 57.0 Å². The van der Waals surface area contributed by atoms with E-state index < -0.39 is 6.10 Å². The van der Waals surface area contributed by atoms with Crippen LogP contribution in [0.1, 0.15) is 42.1 Å². The molecule has 0 saturated heterocycles. The Bertz CT molecular complexity index is 1150. The second-order valence-electron chi connectivity index (χ2n) is 8.99. The molecule has 2 aromatic rings. The first-order valence-corrected chi connectivity index (χ1v) is 12.6. The predicted molar refractivity (Wildman–Crippen MR) is 147 cm³/mol. The van der Waals surface area contributed by atoms with E-state index in [9.17, 15) is 14.4 Å². The van der Waals surface area contributed by atoms with Gasteiger partial charge in [-0.2, -0.15) is 0 Å². The molecule has 3 rings (SSSR count). The molecule has 10 nitrogen and oxygen atoms in total. The minimum atomic E-state index is -0.588. The van der Waals surface area contributed by atoms with Crippen molar-refractivity contribution in [3.05, 3.63) is 41.5 Å². The Morgan fingerprint density at radius 3 is 2.74 bits per heavy atom. The fourth-order valence-corrected chi connectivity index (χ4v) is 4.09. The molecule has 1 heterocycles. The number of nitrogens with zero attached hydrogens (tertiary/aromatic N) is 2. The van der Waals surface area contributed by atoms with E-state index in [1.807, 2.05) is 31.5 Å². The van der Waals surface area contributed by atoms with E-state index in [0.29, 0.717) is 41.5 Å². The maximum absolute atomic E-state index is 12.4. The van der Waals surface area contributed by atoms with Crippen LogP contribution < -0.4 is 25.0 Å². The molecule has 0 saturated carbocycles. The monoisotopic (exact) mass is 524 g/mol. The van der Waals surface area contributed by atoms with Crippen LogP contribution >= 0.6 is 0 Å². The van der Waals surface area contributed by atoms with Crippen molar-refractivity contribution < 1.29 is 28.6 Å². The van der Waals surface area contributed by atoms with Crippen molar-refractivity contribution in [2.24, 2.45) is 4.99 Å². The molecule has 204 valence electrons. The zero-order chi connectivity index (χ0) is 27.5. The average molecular weight is 525 g/mol. The van der Waals surface area contributed by atoms with Crippen molar-refractivity contribution in [3.8, 4) is 11.5 Å². The van der Waals surface area contributed by atoms with Crippen molar-refractivity contribution in [2.45, 2.75) is 44.8 Å². The Hall–Kier alpha value is -3.76. The summed E-state index contributed by atoms with van der Waals surface area (Å²) < 4.78 is 16.6. The molecule has 0 aromatic heterocycles. The zero-order valence-electron chi connectivity index (χ0n) is 22.4. The fourth-order valence-electron chi connectivity index (χ4n) is 4.09. The number of ether oxygens (including phenoxy) is 3. The van der Waals surface area contributed by atoms with Crippen molar-refractivity contribution in [2.75, 3.05) is 44.8 Å². The number of likely N-dealkylation sites (N-methyl/N-ethyl adjacent to an activating group) is 1. The quantitative estimate of drug-likeness (QED) is 0.157.